The van der Waals surface area contributed by atoms with Gasteiger partial charge < -0.3 is 0 Å². The van der Waals surface area contributed by atoms with Gasteiger partial charge in [-0.05, 0) is 22.6 Å². The lowest BCUT2D eigenvalue weighted by atomic mass is 10.2. The summed E-state index contributed by atoms with van der Waals surface area (Å²) in [5.74, 6) is 0. The van der Waals surface area contributed by atoms with E-state index in [1.807, 2.05) is 30.3 Å². The van der Waals surface area contributed by atoms with E-state index in [0.717, 1.165) is 5.56 Å². The van der Waals surface area contributed by atoms with Crippen LogP contribution in [0, 0.1) is 0 Å². The molecule has 3 nitrogen and oxygen atoms in total. The number of hydrogen-bond donors (Lipinski definition) is 0. The predicted octanol–water partition coefficient (Wildman–Crippen LogP) is 1.81. The Kier molecular flexibility index (Phi) is 3.77. The Labute approximate surface area is 81.6 Å². The van der Waals surface area contributed by atoms with Gasteiger partial charge in [-0.3, -0.25) is 4.18 Å². The molecule has 1 aromatic carbocycles. The van der Waals surface area contributed by atoms with Gasteiger partial charge in [0, 0.05) is 0 Å². The van der Waals surface area contributed by atoms with Gasteiger partial charge >= 0.3 is 9.15 Å². The molecule has 13 heavy (non-hydrogen) atoms. The normalized spacial score (nSPS) is 11.5. The van der Waals surface area contributed by atoms with Crippen LogP contribution in [0.3, 0.4) is 0 Å². The predicted molar refractivity (Wildman–Crippen MR) is 53.7 cm³/mol. The largest absolute Gasteiger partial charge is 0.322 e. The van der Waals surface area contributed by atoms with Gasteiger partial charge in [0.1, 0.15) is 0 Å². The van der Waals surface area contributed by atoms with Crippen molar-refractivity contribution in [3.63, 3.8) is 0 Å². The van der Waals surface area contributed by atoms with Crippen LogP contribution in [0.15, 0.2) is 30.3 Å². The lowest BCUT2D eigenvalue weighted by molar-refractivity contribution is 0.319. The van der Waals surface area contributed by atoms with Crippen LogP contribution in [0.2, 0.25) is 0 Å². The molecule has 5 heteroatoms. The quantitative estimate of drug-likeness (QED) is 0.723. The number of hydrogen-bond acceptors (Lipinski definition) is 4. The van der Waals surface area contributed by atoms with Gasteiger partial charge in [0.2, 0.25) is 0 Å². The van der Waals surface area contributed by atoms with Crippen molar-refractivity contribution in [2.45, 2.75) is 6.61 Å². The maximum atomic E-state index is 10.9. The van der Waals surface area contributed by atoms with Gasteiger partial charge in [-0.1, -0.05) is 30.3 Å². The van der Waals surface area contributed by atoms with E-state index in [1.165, 1.54) is 6.26 Å². The van der Waals surface area contributed by atoms with Crippen LogP contribution in [-0.4, -0.2) is 14.7 Å². The Morgan fingerprint density at radius 3 is 2.46 bits per heavy atom. The highest BCUT2D eigenvalue weighted by Crippen LogP contribution is 2.12. The van der Waals surface area contributed by atoms with Crippen LogP contribution < -0.4 is 0 Å². The molecule has 0 N–H and O–H groups in total. The lowest BCUT2D eigenvalue weighted by Crippen LogP contribution is -1.99. The molecular weight excluding hydrogens is 208 g/mol. The molecular formula is C8H10O3S2. The number of rotatable bonds is 4. The molecule has 1 rings (SSSR count). The number of benzene rings is 1. The summed E-state index contributed by atoms with van der Waals surface area (Å²) in [6.07, 6.45) is 1.47. The van der Waals surface area contributed by atoms with Crippen LogP contribution in [0.1, 0.15) is 5.56 Å². The molecule has 0 aliphatic carbocycles. The molecule has 0 unspecified atom stereocenters. The molecule has 0 fully saturated rings. The molecule has 0 spiro atoms. The standard InChI is InChI=1S/C8H10O3S2/c1-12-13(9,10)11-7-8-5-3-2-4-6-8/h2-6H,7H2,1H3. The van der Waals surface area contributed by atoms with E-state index in [-0.39, 0.29) is 6.61 Å². The topological polar surface area (TPSA) is 43.4 Å². The van der Waals surface area contributed by atoms with Crippen molar-refractivity contribution in [2.24, 2.45) is 0 Å². The Morgan fingerprint density at radius 2 is 1.92 bits per heavy atom. The van der Waals surface area contributed by atoms with E-state index in [2.05, 4.69) is 0 Å². The Balaban J connectivity index is 2.54. The summed E-state index contributed by atoms with van der Waals surface area (Å²) in [6.45, 7) is 0.101. The van der Waals surface area contributed by atoms with Gasteiger partial charge in [0.05, 0.1) is 6.61 Å². The van der Waals surface area contributed by atoms with Crippen molar-refractivity contribution in [1.29, 1.82) is 0 Å². The Morgan fingerprint density at radius 1 is 1.31 bits per heavy atom. The second-order valence-electron chi connectivity index (χ2n) is 2.32. The third-order valence-corrected chi connectivity index (χ3v) is 3.75. The fourth-order valence-corrected chi connectivity index (χ4v) is 1.57. The zero-order valence-corrected chi connectivity index (χ0v) is 8.77. The highest BCUT2D eigenvalue weighted by Gasteiger charge is 2.07. The van der Waals surface area contributed by atoms with Crippen molar-refractivity contribution in [2.75, 3.05) is 6.26 Å². The van der Waals surface area contributed by atoms with Crippen molar-refractivity contribution in [1.82, 2.24) is 0 Å². The summed E-state index contributed by atoms with van der Waals surface area (Å²) >= 11 is 0. The molecule has 0 heterocycles. The summed E-state index contributed by atoms with van der Waals surface area (Å²) in [5.41, 5.74) is 0.847. The summed E-state index contributed by atoms with van der Waals surface area (Å²) < 4.78 is 26.5. The van der Waals surface area contributed by atoms with Gasteiger partial charge in [0.25, 0.3) is 0 Å². The van der Waals surface area contributed by atoms with Gasteiger partial charge in [-0.25, -0.2) is 0 Å². The van der Waals surface area contributed by atoms with Crippen LogP contribution in [0.4, 0.5) is 0 Å². The highest BCUT2D eigenvalue weighted by atomic mass is 33.1. The molecule has 0 saturated carbocycles. The first kappa shape index (κ1) is 10.6. The smallest absolute Gasteiger partial charge is 0.257 e. The molecule has 1 aromatic rings. The van der Waals surface area contributed by atoms with Crippen molar-refractivity contribution in [3.8, 4) is 0 Å². The summed E-state index contributed by atoms with van der Waals surface area (Å²) in [6, 6.07) is 9.17. The molecule has 0 atom stereocenters. The fraction of sp³-hybridized carbons (Fsp3) is 0.250. The van der Waals surface area contributed by atoms with Gasteiger partial charge in [-0.2, -0.15) is 8.42 Å². The van der Waals surface area contributed by atoms with E-state index < -0.39 is 9.15 Å². The van der Waals surface area contributed by atoms with Gasteiger partial charge in [-0.15, -0.1) is 0 Å². The molecule has 0 saturated heterocycles. The van der Waals surface area contributed by atoms with E-state index in [0.29, 0.717) is 10.8 Å². The highest BCUT2D eigenvalue weighted by molar-refractivity contribution is 8.70. The third kappa shape index (κ3) is 3.80. The molecule has 0 aliphatic heterocycles. The van der Waals surface area contributed by atoms with Crippen LogP contribution in [0.25, 0.3) is 0 Å². The molecule has 0 amide bonds. The maximum absolute atomic E-state index is 10.9. The van der Waals surface area contributed by atoms with Crippen LogP contribution >= 0.6 is 10.8 Å². The van der Waals surface area contributed by atoms with E-state index >= 15 is 0 Å². The van der Waals surface area contributed by atoms with E-state index in [9.17, 15) is 8.42 Å². The first-order chi connectivity index (χ1) is 6.14. The van der Waals surface area contributed by atoms with E-state index in [1.54, 1.807) is 0 Å². The minimum absolute atomic E-state index is 0.101. The van der Waals surface area contributed by atoms with Crippen molar-refractivity contribution >= 4 is 19.9 Å². The second-order valence-corrected chi connectivity index (χ2v) is 5.93. The van der Waals surface area contributed by atoms with Crippen molar-refractivity contribution < 1.29 is 12.6 Å². The van der Waals surface area contributed by atoms with Crippen LogP contribution in [-0.2, 0) is 19.9 Å². The average Bonchev–Trinajstić information content (AvgIpc) is 2.17. The Bertz CT molecular complexity index is 345. The van der Waals surface area contributed by atoms with Gasteiger partial charge in [0.15, 0.2) is 0 Å². The molecule has 0 aromatic heterocycles. The first-order valence-corrected chi connectivity index (χ1v) is 6.78. The molecule has 0 bridgehead atoms. The maximum Gasteiger partial charge on any atom is 0.322 e. The lowest BCUT2D eigenvalue weighted by Gasteiger charge is -2.01. The molecule has 0 radical (unpaired) electrons. The molecule has 72 valence electrons. The second kappa shape index (κ2) is 4.64. The molecule has 0 aliphatic rings. The third-order valence-electron chi connectivity index (χ3n) is 1.42. The summed E-state index contributed by atoms with van der Waals surface area (Å²) in [4.78, 5) is 0. The zero-order valence-electron chi connectivity index (χ0n) is 7.14. The Hall–Kier alpha value is -0.520. The SMILES string of the molecule is CSS(=O)(=O)OCc1ccccc1. The average molecular weight is 218 g/mol. The monoisotopic (exact) mass is 218 g/mol. The first-order valence-electron chi connectivity index (χ1n) is 3.63. The summed E-state index contributed by atoms with van der Waals surface area (Å²) in [7, 11) is -2.70. The fourth-order valence-electron chi connectivity index (χ4n) is 0.763. The van der Waals surface area contributed by atoms with Crippen LogP contribution in [0.5, 0.6) is 0 Å². The minimum Gasteiger partial charge on any atom is -0.257 e. The minimum atomic E-state index is -3.40. The van der Waals surface area contributed by atoms with Crippen molar-refractivity contribution in [3.05, 3.63) is 35.9 Å². The van der Waals surface area contributed by atoms with E-state index in [4.69, 9.17) is 4.18 Å². The summed E-state index contributed by atoms with van der Waals surface area (Å²) in [5, 5.41) is 0. The zero-order chi connectivity index (χ0) is 9.73.